The van der Waals surface area contributed by atoms with Crippen molar-refractivity contribution in [2.45, 2.75) is 373 Å². The molecule has 464 valence electrons. The summed E-state index contributed by atoms with van der Waals surface area (Å²) in [5.74, 6) is -0.157. The Hall–Kier alpha value is -1.02. The summed E-state index contributed by atoms with van der Waals surface area (Å²) in [6.45, 7) is 4.78. The van der Waals surface area contributed by atoms with Crippen LogP contribution in [0.5, 0.6) is 0 Å². The number of rotatable bonds is 65. The number of aliphatic hydroxyl groups is 1. The first-order valence-electron chi connectivity index (χ1n) is 34.7. The quantitative estimate of drug-likeness (QED) is 0.0272. The lowest BCUT2D eigenvalue weighted by Crippen LogP contribution is -2.46. The fraction of sp³-hybridized carbons (Fsp3) is 0.928. The number of hydrogen-bond acceptors (Lipinski definition) is 6. The molecule has 0 aromatic rings. The summed E-state index contributed by atoms with van der Waals surface area (Å²) in [7, 11) is 1.32. The Kier molecular flexibility index (Phi) is 59.8. The number of amides is 1. The van der Waals surface area contributed by atoms with Gasteiger partial charge in [-0.1, -0.05) is 334 Å². The molecule has 0 aliphatic carbocycles. The molecule has 0 spiro atoms. The highest BCUT2D eigenvalue weighted by molar-refractivity contribution is 7.45. The van der Waals surface area contributed by atoms with Crippen LogP contribution in [0.2, 0.25) is 0 Å². The Labute approximate surface area is 487 Å². The molecule has 0 bridgehead atoms. The number of phosphoric ester groups is 1. The number of quaternary nitrogens is 1. The Bertz CT molecular complexity index is 1320. The molecule has 0 rings (SSSR count). The van der Waals surface area contributed by atoms with E-state index in [0.717, 1.165) is 44.9 Å². The maximum atomic E-state index is 13.1. The molecule has 0 aromatic carbocycles. The molecule has 0 aliphatic heterocycles. The lowest BCUT2D eigenvalue weighted by Gasteiger charge is -2.30. The largest absolute Gasteiger partial charge is 0.756 e. The maximum Gasteiger partial charge on any atom is 0.268 e. The van der Waals surface area contributed by atoms with Gasteiger partial charge < -0.3 is 28.8 Å². The van der Waals surface area contributed by atoms with Gasteiger partial charge in [-0.15, -0.1) is 0 Å². The number of unbranched alkanes of at least 4 members (excludes halogenated alkanes) is 48. The third-order valence-corrected chi connectivity index (χ3v) is 17.2. The topological polar surface area (TPSA) is 108 Å². The number of likely N-dealkylation sites (N-methyl/N-ethyl adjacent to an activating group) is 1. The monoisotopic (exact) mass is 1120 g/mol. The van der Waals surface area contributed by atoms with E-state index < -0.39 is 20.0 Å². The fourth-order valence-electron chi connectivity index (χ4n) is 10.8. The molecular weight excluding hydrogens is 984 g/mol. The lowest BCUT2D eigenvalue weighted by molar-refractivity contribution is -0.870. The van der Waals surface area contributed by atoms with Crippen LogP contribution >= 0.6 is 7.82 Å². The van der Waals surface area contributed by atoms with E-state index in [1.807, 2.05) is 21.1 Å². The molecule has 0 saturated heterocycles. The van der Waals surface area contributed by atoms with E-state index in [2.05, 4.69) is 43.5 Å². The zero-order valence-corrected chi connectivity index (χ0v) is 54.0. The Morgan fingerprint density at radius 1 is 0.449 bits per heavy atom. The number of phosphoric acid groups is 1. The number of nitrogens with zero attached hydrogens (tertiary/aromatic N) is 1. The van der Waals surface area contributed by atoms with Gasteiger partial charge >= 0.3 is 0 Å². The maximum absolute atomic E-state index is 13.1. The van der Waals surface area contributed by atoms with Crippen LogP contribution in [0.3, 0.4) is 0 Å². The average molecular weight is 1120 g/mol. The van der Waals surface area contributed by atoms with Gasteiger partial charge in [-0.2, -0.15) is 0 Å². The minimum absolute atomic E-state index is 0.0147. The SMILES string of the molecule is CCCCCCCCCCC/C=C\C/C=C\CCCCCCCCCCCCCCCCCCCC(=O)NC(COP(=O)([O-])OCC[N+](C)(C)C)C(O)CCCCCCCCCCCCCCCCCCCCCCCCC. The first-order valence-corrected chi connectivity index (χ1v) is 36.1. The Morgan fingerprint density at radius 2 is 0.744 bits per heavy atom. The molecule has 1 amide bonds. The van der Waals surface area contributed by atoms with Gasteiger partial charge in [-0.05, 0) is 44.9 Å². The van der Waals surface area contributed by atoms with Crippen LogP contribution in [0.15, 0.2) is 24.3 Å². The van der Waals surface area contributed by atoms with Gasteiger partial charge in [0.1, 0.15) is 13.2 Å². The van der Waals surface area contributed by atoms with Gasteiger partial charge in [-0.3, -0.25) is 9.36 Å². The van der Waals surface area contributed by atoms with E-state index in [0.29, 0.717) is 23.9 Å². The van der Waals surface area contributed by atoms with Crippen molar-refractivity contribution in [1.29, 1.82) is 0 Å². The third-order valence-electron chi connectivity index (χ3n) is 16.2. The van der Waals surface area contributed by atoms with Crippen LogP contribution in [-0.2, 0) is 18.4 Å². The van der Waals surface area contributed by atoms with Gasteiger partial charge in [0.25, 0.3) is 7.82 Å². The molecule has 0 aromatic heterocycles. The second-order valence-electron chi connectivity index (χ2n) is 25.2. The van der Waals surface area contributed by atoms with Crippen LogP contribution in [0.1, 0.15) is 361 Å². The van der Waals surface area contributed by atoms with Gasteiger partial charge in [0, 0.05) is 6.42 Å². The van der Waals surface area contributed by atoms with Crippen molar-refractivity contribution in [2.75, 3.05) is 40.9 Å². The normalized spacial score (nSPS) is 13.8. The molecule has 0 radical (unpaired) electrons. The predicted octanol–water partition coefficient (Wildman–Crippen LogP) is 21.3. The van der Waals surface area contributed by atoms with Gasteiger partial charge in [0.2, 0.25) is 5.91 Å². The van der Waals surface area contributed by atoms with Crippen LogP contribution in [-0.4, -0.2) is 68.5 Å². The van der Waals surface area contributed by atoms with Crippen molar-refractivity contribution in [3.05, 3.63) is 24.3 Å². The van der Waals surface area contributed by atoms with E-state index in [4.69, 9.17) is 9.05 Å². The highest BCUT2D eigenvalue weighted by atomic mass is 31.2. The first kappa shape index (κ1) is 77.0. The molecule has 3 unspecified atom stereocenters. The van der Waals surface area contributed by atoms with Gasteiger partial charge in [0.05, 0.1) is 39.9 Å². The molecule has 8 nitrogen and oxygen atoms in total. The van der Waals surface area contributed by atoms with E-state index in [9.17, 15) is 19.4 Å². The smallest absolute Gasteiger partial charge is 0.268 e. The first-order chi connectivity index (χ1) is 38.0. The molecule has 3 atom stereocenters. The van der Waals surface area contributed by atoms with E-state index in [-0.39, 0.29) is 19.1 Å². The molecule has 0 aliphatic rings. The predicted molar refractivity (Wildman–Crippen MR) is 339 cm³/mol. The average Bonchev–Trinajstić information content (AvgIpc) is 3.41. The number of allylic oxidation sites excluding steroid dienone is 4. The molecule has 9 heteroatoms. The summed E-state index contributed by atoms with van der Waals surface area (Å²) >= 11 is 0. The second kappa shape index (κ2) is 60.6. The molecule has 2 N–H and O–H groups in total. The number of carbonyl (C=O) groups excluding carboxylic acids is 1. The van der Waals surface area contributed by atoms with Crippen molar-refractivity contribution in [3.8, 4) is 0 Å². The van der Waals surface area contributed by atoms with Gasteiger partial charge in [-0.25, -0.2) is 0 Å². The van der Waals surface area contributed by atoms with Crippen LogP contribution in [0.4, 0.5) is 0 Å². The summed E-state index contributed by atoms with van der Waals surface area (Å²) < 4.78 is 23.5. The van der Waals surface area contributed by atoms with E-state index >= 15 is 0 Å². The summed E-state index contributed by atoms with van der Waals surface area (Å²) in [6, 6.07) is -0.800. The molecular formula is C69H137N2O6P. The number of aliphatic hydroxyl groups excluding tert-OH is 1. The molecule has 0 heterocycles. The zero-order valence-electron chi connectivity index (χ0n) is 53.2. The van der Waals surface area contributed by atoms with Crippen molar-refractivity contribution in [2.24, 2.45) is 0 Å². The van der Waals surface area contributed by atoms with Crippen molar-refractivity contribution in [3.63, 3.8) is 0 Å². The zero-order chi connectivity index (χ0) is 57.0. The Morgan fingerprint density at radius 3 is 1.06 bits per heavy atom. The summed E-state index contributed by atoms with van der Waals surface area (Å²) in [5.41, 5.74) is 0. The fourth-order valence-corrected chi connectivity index (χ4v) is 11.5. The van der Waals surface area contributed by atoms with Crippen molar-refractivity contribution >= 4 is 13.7 Å². The summed E-state index contributed by atoms with van der Waals surface area (Å²) in [5, 5.41) is 14.1. The Balaban J connectivity index is 4.00. The number of nitrogens with one attached hydrogen (secondary N) is 1. The highest BCUT2D eigenvalue weighted by Crippen LogP contribution is 2.38. The van der Waals surface area contributed by atoms with Gasteiger partial charge in [0.15, 0.2) is 0 Å². The van der Waals surface area contributed by atoms with E-state index in [1.54, 1.807) is 0 Å². The molecule has 0 saturated carbocycles. The van der Waals surface area contributed by atoms with E-state index in [1.165, 1.54) is 289 Å². The summed E-state index contributed by atoms with van der Waals surface area (Å²) in [6.07, 6.45) is 78.2. The molecule has 0 fully saturated rings. The standard InChI is InChI=1S/C69H137N2O6P/c1-6-8-10-12-14-16-18-20-22-24-26-28-30-31-32-33-34-35-36-37-38-39-41-43-45-47-49-51-53-55-57-59-61-63-69(73)70-67(66-77-78(74,75)76-65-64-71(3,4)5)68(72)62-60-58-56-54-52-50-48-46-44-42-40-29-27-25-23-21-19-17-15-13-11-9-7-2/h26,28,31-32,67-68,72H,6-25,27,29-30,33-66H2,1-5H3,(H-,70,73,74,75)/b28-26-,32-31-. The minimum Gasteiger partial charge on any atom is -0.756 e. The van der Waals surface area contributed by atoms with Crippen molar-refractivity contribution in [1.82, 2.24) is 5.32 Å². The third kappa shape index (κ3) is 62.6. The second-order valence-corrected chi connectivity index (χ2v) is 26.7. The number of carbonyl (C=O) groups is 1. The van der Waals surface area contributed by atoms with Crippen LogP contribution < -0.4 is 10.2 Å². The minimum atomic E-state index is -4.58. The van der Waals surface area contributed by atoms with Crippen molar-refractivity contribution < 1.29 is 32.9 Å². The summed E-state index contributed by atoms with van der Waals surface area (Å²) in [4.78, 5) is 25.7. The highest BCUT2D eigenvalue weighted by Gasteiger charge is 2.24. The lowest BCUT2D eigenvalue weighted by atomic mass is 10.0. The van der Waals surface area contributed by atoms with Crippen LogP contribution in [0.25, 0.3) is 0 Å². The van der Waals surface area contributed by atoms with Crippen LogP contribution in [0, 0.1) is 0 Å². The number of hydrogen-bond donors (Lipinski definition) is 2. The molecule has 78 heavy (non-hydrogen) atoms.